The van der Waals surface area contributed by atoms with Gasteiger partial charge in [-0.25, -0.2) is 0 Å². The first kappa shape index (κ1) is 12.3. The third-order valence-corrected chi connectivity index (χ3v) is 3.90. The molecule has 0 radical (unpaired) electrons. The highest BCUT2D eigenvalue weighted by Crippen LogP contribution is 2.35. The third-order valence-electron chi connectivity index (χ3n) is 3.90. The minimum absolute atomic E-state index is 0.304. The normalized spacial score (nSPS) is 25.9. The van der Waals surface area contributed by atoms with E-state index >= 15 is 0 Å². The quantitative estimate of drug-likeness (QED) is 0.740. The molecule has 1 aliphatic carbocycles. The Hall–Kier alpha value is -1.15. The summed E-state index contributed by atoms with van der Waals surface area (Å²) in [5.74, 6) is 0.649. The second-order valence-corrected chi connectivity index (χ2v) is 5.16. The van der Waals surface area contributed by atoms with Gasteiger partial charge in [-0.05, 0) is 55.9 Å². The van der Waals surface area contributed by atoms with Crippen LogP contribution in [0.5, 0.6) is 0 Å². The largest absolute Gasteiger partial charge is 0.313 e. The first-order valence-electron chi connectivity index (χ1n) is 6.38. The van der Waals surface area contributed by atoms with E-state index in [-0.39, 0.29) is 0 Å². The molecule has 2 nitrogen and oxygen atoms in total. The summed E-state index contributed by atoms with van der Waals surface area (Å²) < 4.78 is 0. The summed E-state index contributed by atoms with van der Waals surface area (Å²) in [6.45, 7) is 9.98. The Labute approximate surface area is 103 Å². The van der Waals surface area contributed by atoms with Crippen LogP contribution in [0.25, 0.3) is 0 Å². The van der Waals surface area contributed by atoms with Crippen molar-refractivity contribution in [3.05, 3.63) is 34.9 Å². The van der Waals surface area contributed by atoms with Gasteiger partial charge in [0.15, 0.2) is 5.78 Å². The maximum Gasteiger partial charge on any atom is 0.159 e. The van der Waals surface area contributed by atoms with Crippen LogP contribution in [0.4, 0.5) is 0 Å². The van der Waals surface area contributed by atoms with Crippen LogP contribution in [0.1, 0.15) is 33.1 Å². The van der Waals surface area contributed by atoms with Gasteiger partial charge in [0.05, 0.1) is 0 Å². The predicted octanol–water partition coefficient (Wildman–Crippen LogP) is 2.78. The maximum atomic E-state index is 12.0. The smallest absolute Gasteiger partial charge is 0.159 e. The van der Waals surface area contributed by atoms with E-state index < -0.39 is 0 Å². The summed E-state index contributed by atoms with van der Waals surface area (Å²) in [5, 5.41) is 3.31. The van der Waals surface area contributed by atoms with Crippen molar-refractivity contribution in [3.8, 4) is 0 Å². The van der Waals surface area contributed by atoms with Crippen LogP contribution < -0.4 is 5.32 Å². The molecule has 2 rings (SSSR count). The number of ketones is 1. The second-order valence-electron chi connectivity index (χ2n) is 5.16. The summed E-state index contributed by atoms with van der Waals surface area (Å²) >= 11 is 0. The molecule has 92 valence electrons. The van der Waals surface area contributed by atoms with E-state index in [1.807, 2.05) is 13.8 Å². The number of hydrogen-bond donors (Lipinski definition) is 1. The van der Waals surface area contributed by atoms with Crippen LogP contribution >= 0.6 is 0 Å². The van der Waals surface area contributed by atoms with Crippen LogP contribution in [0, 0.1) is 5.92 Å². The van der Waals surface area contributed by atoms with Crippen LogP contribution in [-0.2, 0) is 4.79 Å². The fourth-order valence-electron chi connectivity index (χ4n) is 2.63. The van der Waals surface area contributed by atoms with Gasteiger partial charge in [0.2, 0.25) is 0 Å². The molecule has 0 amide bonds. The molecule has 0 fully saturated rings. The van der Waals surface area contributed by atoms with Crippen LogP contribution in [-0.4, -0.2) is 18.9 Å². The average molecular weight is 231 g/mol. The van der Waals surface area contributed by atoms with E-state index in [4.69, 9.17) is 0 Å². The van der Waals surface area contributed by atoms with Crippen molar-refractivity contribution < 1.29 is 4.79 Å². The molecule has 0 bridgehead atoms. The average Bonchev–Trinajstić information content (AvgIpc) is 2.33. The Morgan fingerprint density at radius 3 is 2.82 bits per heavy atom. The molecule has 0 aromatic rings. The number of carbonyl (C=O) groups excluding carboxylic acids is 1. The molecule has 1 N–H and O–H groups in total. The topological polar surface area (TPSA) is 29.1 Å². The minimum atomic E-state index is 0.304. The zero-order chi connectivity index (χ0) is 12.4. The van der Waals surface area contributed by atoms with Gasteiger partial charge in [-0.3, -0.25) is 4.79 Å². The Balaban J connectivity index is 2.29. The van der Waals surface area contributed by atoms with E-state index in [2.05, 4.69) is 18.0 Å². The zero-order valence-electron chi connectivity index (χ0n) is 10.8. The Morgan fingerprint density at radius 2 is 2.24 bits per heavy atom. The lowest BCUT2D eigenvalue weighted by Gasteiger charge is -2.28. The van der Waals surface area contributed by atoms with Crippen molar-refractivity contribution in [2.45, 2.75) is 33.1 Å². The van der Waals surface area contributed by atoms with Crippen molar-refractivity contribution in [1.82, 2.24) is 5.32 Å². The standard InChI is InChI=1S/C15H21NO/c1-10(2)13-8-14(11(3)15(17)9-13)12-4-6-16-7-5-12/h4,13,16H,1,5-9H2,2-3H3. The van der Waals surface area contributed by atoms with Crippen molar-refractivity contribution in [2.24, 2.45) is 5.92 Å². The van der Waals surface area contributed by atoms with Gasteiger partial charge in [0, 0.05) is 13.0 Å². The highest BCUT2D eigenvalue weighted by molar-refractivity contribution is 5.97. The van der Waals surface area contributed by atoms with Crippen LogP contribution in [0.2, 0.25) is 0 Å². The van der Waals surface area contributed by atoms with E-state index in [9.17, 15) is 4.79 Å². The molecule has 1 unspecified atom stereocenters. The summed E-state index contributed by atoms with van der Waals surface area (Å²) in [7, 11) is 0. The molecule has 2 aliphatic rings. The molecule has 0 spiro atoms. The summed E-state index contributed by atoms with van der Waals surface area (Å²) in [5.41, 5.74) is 4.78. The highest BCUT2D eigenvalue weighted by atomic mass is 16.1. The van der Waals surface area contributed by atoms with Crippen molar-refractivity contribution in [3.63, 3.8) is 0 Å². The Morgan fingerprint density at radius 1 is 1.47 bits per heavy atom. The van der Waals surface area contributed by atoms with Gasteiger partial charge >= 0.3 is 0 Å². The predicted molar refractivity (Wildman–Crippen MR) is 70.8 cm³/mol. The van der Waals surface area contributed by atoms with E-state index in [1.165, 1.54) is 11.1 Å². The number of nitrogens with one attached hydrogen (secondary N) is 1. The summed E-state index contributed by atoms with van der Waals surface area (Å²) in [6, 6.07) is 0. The molecule has 0 aromatic heterocycles. The summed E-state index contributed by atoms with van der Waals surface area (Å²) in [6.07, 6.45) is 4.92. The van der Waals surface area contributed by atoms with Crippen molar-refractivity contribution in [1.29, 1.82) is 0 Å². The van der Waals surface area contributed by atoms with Gasteiger partial charge < -0.3 is 5.32 Å². The second kappa shape index (κ2) is 5.01. The van der Waals surface area contributed by atoms with E-state index in [0.717, 1.165) is 37.1 Å². The van der Waals surface area contributed by atoms with Crippen molar-refractivity contribution in [2.75, 3.05) is 13.1 Å². The van der Waals surface area contributed by atoms with E-state index in [0.29, 0.717) is 18.1 Å². The van der Waals surface area contributed by atoms with Crippen LogP contribution in [0.15, 0.2) is 34.9 Å². The SMILES string of the molecule is C=C(C)C1CC(=O)C(C)=C(C2=CCNCC2)C1. The van der Waals surface area contributed by atoms with Gasteiger partial charge in [0.1, 0.15) is 0 Å². The number of hydrogen-bond acceptors (Lipinski definition) is 2. The first-order valence-corrected chi connectivity index (χ1v) is 6.38. The number of Topliss-reactive ketones (excluding diaryl/α,β-unsaturated/α-hetero) is 1. The zero-order valence-corrected chi connectivity index (χ0v) is 10.8. The molecular formula is C15H21NO. The molecule has 0 aromatic carbocycles. The lowest BCUT2D eigenvalue weighted by molar-refractivity contribution is -0.116. The monoisotopic (exact) mass is 231 g/mol. The molecular weight excluding hydrogens is 210 g/mol. The third kappa shape index (κ3) is 2.58. The van der Waals surface area contributed by atoms with Gasteiger partial charge in [0.25, 0.3) is 0 Å². The molecule has 17 heavy (non-hydrogen) atoms. The maximum absolute atomic E-state index is 12.0. The molecule has 0 saturated heterocycles. The van der Waals surface area contributed by atoms with Gasteiger partial charge in [-0.1, -0.05) is 18.2 Å². The molecule has 1 atom stereocenters. The molecule has 1 heterocycles. The highest BCUT2D eigenvalue weighted by Gasteiger charge is 2.27. The molecule has 2 heteroatoms. The fraction of sp³-hybridized carbons (Fsp3) is 0.533. The number of rotatable bonds is 2. The Bertz CT molecular complexity index is 415. The Kier molecular flexibility index (Phi) is 3.63. The van der Waals surface area contributed by atoms with Crippen molar-refractivity contribution >= 4 is 5.78 Å². The summed E-state index contributed by atoms with van der Waals surface area (Å²) in [4.78, 5) is 12.0. The minimum Gasteiger partial charge on any atom is -0.313 e. The van der Waals surface area contributed by atoms with Gasteiger partial charge in [-0.2, -0.15) is 0 Å². The molecule has 0 saturated carbocycles. The van der Waals surface area contributed by atoms with Gasteiger partial charge in [-0.15, -0.1) is 0 Å². The van der Waals surface area contributed by atoms with E-state index in [1.54, 1.807) is 0 Å². The fourth-order valence-corrected chi connectivity index (χ4v) is 2.63. The number of allylic oxidation sites excluding steroid dienone is 3. The number of carbonyl (C=O) groups is 1. The molecule has 1 aliphatic heterocycles. The lowest BCUT2D eigenvalue weighted by atomic mass is 9.77. The first-order chi connectivity index (χ1) is 8.09. The van der Waals surface area contributed by atoms with Crippen LogP contribution in [0.3, 0.4) is 0 Å². The lowest BCUT2D eigenvalue weighted by Crippen LogP contribution is -2.25.